The van der Waals surface area contributed by atoms with Crippen LogP contribution < -0.4 is 21.3 Å². The summed E-state index contributed by atoms with van der Waals surface area (Å²) in [5, 5.41) is 2.90. The van der Waals surface area contributed by atoms with Crippen LogP contribution in [-0.4, -0.2) is 12.3 Å². The van der Waals surface area contributed by atoms with Gasteiger partial charge in [0.1, 0.15) is 11.6 Å². The monoisotopic (exact) mass is 357 g/mol. The normalized spacial score (nSPS) is 11.1. The summed E-state index contributed by atoms with van der Waals surface area (Å²) in [4.78, 5) is 11.5. The molecule has 0 aliphatic rings. The van der Waals surface area contributed by atoms with Crippen LogP contribution in [0.1, 0.15) is 21.5 Å². The number of anilines is 1. The molecule has 0 aliphatic heterocycles. The van der Waals surface area contributed by atoms with Gasteiger partial charge in [-0.2, -0.15) is 0 Å². The van der Waals surface area contributed by atoms with Gasteiger partial charge in [0.2, 0.25) is 0 Å². The van der Waals surface area contributed by atoms with E-state index in [1.807, 2.05) is 5.43 Å². The third-order valence-corrected chi connectivity index (χ3v) is 3.36. The number of ether oxygens (including phenoxy) is 1. The van der Waals surface area contributed by atoms with Gasteiger partial charge in [-0.05, 0) is 30.7 Å². The second-order valence-electron chi connectivity index (χ2n) is 5.16. The molecule has 1 amide bonds. The van der Waals surface area contributed by atoms with E-state index in [0.29, 0.717) is 11.8 Å². The lowest BCUT2D eigenvalue weighted by molar-refractivity contribution is -0.274. The van der Waals surface area contributed by atoms with Crippen LogP contribution in [-0.2, 0) is 6.54 Å². The predicted molar refractivity (Wildman–Crippen MR) is 83.2 cm³/mol. The Bertz CT molecular complexity index is 778. The van der Waals surface area contributed by atoms with E-state index in [9.17, 15) is 22.4 Å². The molecule has 0 spiro atoms. The molecule has 5 nitrogen and oxygen atoms in total. The summed E-state index contributed by atoms with van der Waals surface area (Å²) < 4.78 is 54.4. The zero-order valence-electron chi connectivity index (χ0n) is 13.1. The van der Waals surface area contributed by atoms with Crippen LogP contribution in [0.5, 0.6) is 5.75 Å². The minimum atomic E-state index is -4.93. The Hall–Kier alpha value is -2.81. The van der Waals surface area contributed by atoms with Gasteiger partial charge in [-0.15, -0.1) is 13.2 Å². The number of carbonyl (C=O) groups excluding carboxylic acids is 1. The third-order valence-electron chi connectivity index (χ3n) is 3.36. The quantitative estimate of drug-likeness (QED) is 0.332. The average Bonchev–Trinajstić information content (AvgIpc) is 2.53. The zero-order valence-corrected chi connectivity index (χ0v) is 13.1. The smallest absolute Gasteiger partial charge is 0.405 e. The Balaban J connectivity index is 2.23. The number of aryl methyl sites for hydroxylation is 1. The molecule has 0 aliphatic carbocycles. The lowest BCUT2D eigenvalue weighted by Gasteiger charge is -2.15. The molecular formula is C16H15F4N3O2. The van der Waals surface area contributed by atoms with Crippen molar-refractivity contribution < 1.29 is 27.1 Å². The fourth-order valence-corrected chi connectivity index (χ4v) is 2.12. The van der Waals surface area contributed by atoms with Crippen molar-refractivity contribution in [3.63, 3.8) is 0 Å². The molecule has 0 atom stereocenters. The van der Waals surface area contributed by atoms with Crippen LogP contribution in [0.3, 0.4) is 0 Å². The van der Waals surface area contributed by atoms with Gasteiger partial charge in [-0.3, -0.25) is 10.2 Å². The summed E-state index contributed by atoms with van der Waals surface area (Å²) >= 11 is 0. The highest BCUT2D eigenvalue weighted by atomic mass is 19.4. The molecule has 134 valence electrons. The maximum atomic E-state index is 13.2. The van der Waals surface area contributed by atoms with Crippen LogP contribution in [0.25, 0.3) is 0 Å². The summed E-state index contributed by atoms with van der Waals surface area (Å²) in [5.74, 6) is 3.09. The highest BCUT2D eigenvalue weighted by molar-refractivity contribution is 5.94. The number of halogens is 4. The number of carbonyl (C=O) groups is 1. The molecule has 9 heteroatoms. The molecule has 0 bridgehead atoms. The first-order valence-corrected chi connectivity index (χ1v) is 7.09. The second-order valence-corrected chi connectivity index (χ2v) is 5.16. The Kier molecular flexibility index (Phi) is 5.48. The van der Waals surface area contributed by atoms with Gasteiger partial charge in [0.15, 0.2) is 0 Å². The number of alkyl halides is 3. The SMILES string of the molecule is Cc1ccc(C(=O)NN)cc1NCc1ccc(F)cc1OC(F)(F)F. The van der Waals surface area contributed by atoms with E-state index in [-0.39, 0.29) is 17.7 Å². The van der Waals surface area contributed by atoms with Crippen molar-refractivity contribution in [3.05, 3.63) is 58.9 Å². The van der Waals surface area contributed by atoms with Gasteiger partial charge in [0.25, 0.3) is 5.91 Å². The first kappa shape index (κ1) is 18.5. The van der Waals surface area contributed by atoms with E-state index < -0.39 is 23.8 Å². The van der Waals surface area contributed by atoms with Crippen LogP contribution >= 0.6 is 0 Å². The molecule has 2 rings (SSSR count). The van der Waals surface area contributed by atoms with Gasteiger partial charge in [0, 0.05) is 29.4 Å². The number of benzene rings is 2. The van der Waals surface area contributed by atoms with Crippen molar-refractivity contribution in [2.75, 3.05) is 5.32 Å². The maximum absolute atomic E-state index is 13.2. The standard InChI is InChI=1S/C16H15F4N3O2/c1-9-2-3-10(15(24)23-21)6-13(9)22-8-11-4-5-12(17)7-14(11)25-16(18,19)20/h2-7,22H,8,21H2,1H3,(H,23,24). The number of amides is 1. The van der Waals surface area contributed by atoms with Crippen molar-refractivity contribution in [2.24, 2.45) is 5.84 Å². The van der Waals surface area contributed by atoms with Crippen molar-refractivity contribution in [3.8, 4) is 5.75 Å². The molecule has 4 N–H and O–H groups in total. The number of hydrogen-bond acceptors (Lipinski definition) is 4. The fourth-order valence-electron chi connectivity index (χ4n) is 2.12. The van der Waals surface area contributed by atoms with E-state index in [1.165, 1.54) is 12.1 Å². The minimum Gasteiger partial charge on any atom is -0.405 e. The first-order valence-electron chi connectivity index (χ1n) is 7.09. The number of hydrazine groups is 1. The van der Waals surface area contributed by atoms with E-state index in [1.54, 1.807) is 19.1 Å². The minimum absolute atomic E-state index is 0.0692. The Morgan fingerprint density at radius 1 is 1.20 bits per heavy atom. The van der Waals surface area contributed by atoms with E-state index in [0.717, 1.165) is 11.6 Å². The van der Waals surface area contributed by atoms with Gasteiger partial charge < -0.3 is 10.1 Å². The Morgan fingerprint density at radius 3 is 2.56 bits per heavy atom. The van der Waals surface area contributed by atoms with Crippen molar-refractivity contribution in [1.29, 1.82) is 0 Å². The van der Waals surface area contributed by atoms with Gasteiger partial charge >= 0.3 is 6.36 Å². The highest BCUT2D eigenvalue weighted by Gasteiger charge is 2.32. The summed E-state index contributed by atoms with van der Waals surface area (Å²) in [5.41, 5.74) is 3.65. The van der Waals surface area contributed by atoms with Crippen LogP contribution in [0.15, 0.2) is 36.4 Å². The zero-order chi connectivity index (χ0) is 18.6. The summed E-state index contributed by atoms with van der Waals surface area (Å²) in [6.45, 7) is 1.69. The van der Waals surface area contributed by atoms with E-state index >= 15 is 0 Å². The van der Waals surface area contributed by atoms with Crippen LogP contribution in [0, 0.1) is 12.7 Å². The molecule has 2 aromatic rings. The van der Waals surface area contributed by atoms with Crippen LogP contribution in [0.4, 0.5) is 23.2 Å². The summed E-state index contributed by atoms with van der Waals surface area (Å²) in [7, 11) is 0. The second kappa shape index (κ2) is 7.39. The fraction of sp³-hybridized carbons (Fsp3) is 0.188. The molecule has 0 saturated carbocycles. The predicted octanol–water partition coefficient (Wildman–Crippen LogP) is 3.25. The van der Waals surface area contributed by atoms with E-state index in [4.69, 9.17) is 5.84 Å². The molecule has 0 radical (unpaired) electrons. The van der Waals surface area contributed by atoms with Gasteiger partial charge in [-0.1, -0.05) is 12.1 Å². The van der Waals surface area contributed by atoms with Crippen molar-refractivity contribution in [2.45, 2.75) is 19.8 Å². The van der Waals surface area contributed by atoms with Crippen LogP contribution in [0.2, 0.25) is 0 Å². The largest absolute Gasteiger partial charge is 0.573 e. The average molecular weight is 357 g/mol. The highest BCUT2D eigenvalue weighted by Crippen LogP contribution is 2.28. The number of rotatable bonds is 5. The lowest BCUT2D eigenvalue weighted by atomic mass is 10.1. The Labute approximate surface area is 140 Å². The number of nitrogen functional groups attached to an aromatic ring is 1. The lowest BCUT2D eigenvalue weighted by Crippen LogP contribution is -2.30. The molecule has 0 saturated heterocycles. The molecule has 0 fully saturated rings. The summed E-state index contributed by atoms with van der Waals surface area (Å²) in [6.07, 6.45) is -4.93. The number of hydrogen-bond donors (Lipinski definition) is 3. The van der Waals surface area contributed by atoms with Gasteiger partial charge in [0.05, 0.1) is 0 Å². The Morgan fingerprint density at radius 2 is 1.92 bits per heavy atom. The topological polar surface area (TPSA) is 76.4 Å². The number of nitrogens with one attached hydrogen (secondary N) is 2. The first-order chi connectivity index (χ1) is 11.7. The molecule has 0 heterocycles. The molecule has 25 heavy (non-hydrogen) atoms. The number of nitrogens with two attached hydrogens (primary N) is 1. The third kappa shape index (κ3) is 5.08. The van der Waals surface area contributed by atoms with Crippen molar-refractivity contribution >= 4 is 11.6 Å². The summed E-state index contributed by atoms with van der Waals surface area (Å²) in [6, 6.07) is 7.60. The van der Waals surface area contributed by atoms with Gasteiger partial charge in [-0.25, -0.2) is 10.2 Å². The molecular weight excluding hydrogens is 342 g/mol. The molecule has 0 unspecified atom stereocenters. The van der Waals surface area contributed by atoms with E-state index in [2.05, 4.69) is 10.1 Å². The molecule has 0 aromatic heterocycles. The maximum Gasteiger partial charge on any atom is 0.573 e. The molecule has 2 aromatic carbocycles. The van der Waals surface area contributed by atoms with Crippen molar-refractivity contribution in [1.82, 2.24) is 5.43 Å².